The van der Waals surface area contributed by atoms with Crippen molar-refractivity contribution >= 4 is 46.6 Å². The summed E-state index contributed by atoms with van der Waals surface area (Å²) in [5.41, 5.74) is 2.96. The number of nitrogens with zero attached hydrogens (tertiary/aromatic N) is 4. The minimum Gasteiger partial charge on any atom is -0.490 e. The predicted octanol–water partition coefficient (Wildman–Crippen LogP) is 2.82. The molecular formula is C30H31ClN6O5. The van der Waals surface area contributed by atoms with Crippen LogP contribution < -0.4 is 10.1 Å². The number of carbonyl (C=O) groups is 3. The van der Waals surface area contributed by atoms with Crippen LogP contribution in [0.1, 0.15) is 50.9 Å². The summed E-state index contributed by atoms with van der Waals surface area (Å²) in [5.74, 6) is -1.01. The number of aliphatic hydroxyl groups is 1. The Balaban J connectivity index is 1.17. The van der Waals surface area contributed by atoms with Crippen molar-refractivity contribution in [3.05, 3.63) is 69.6 Å². The zero-order valence-electron chi connectivity index (χ0n) is 23.3. The molecule has 3 aliphatic rings. The van der Waals surface area contributed by atoms with E-state index >= 15 is 0 Å². The van der Waals surface area contributed by atoms with Gasteiger partial charge < -0.3 is 25.0 Å². The lowest BCUT2D eigenvalue weighted by molar-refractivity contribution is -0.118. The predicted molar refractivity (Wildman–Crippen MR) is 157 cm³/mol. The van der Waals surface area contributed by atoms with Gasteiger partial charge in [0.05, 0.1) is 22.2 Å². The molecule has 6 rings (SSSR count). The number of dihydropyridines is 1. The molecule has 2 aromatic carbocycles. The number of carbonyl (C=O) groups excluding carboxylic acids is 3. The molecule has 1 saturated heterocycles. The number of fused-ring (bicyclic) bond motifs is 2. The molecule has 1 aromatic heterocycles. The van der Waals surface area contributed by atoms with E-state index in [4.69, 9.17) is 16.3 Å². The van der Waals surface area contributed by atoms with Crippen LogP contribution in [0.25, 0.3) is 11.0 Å². The number of aromatic nitrogens is 2. The summed E-state index contributed by atoms with van der Waals surface area (Å²) < 4.78 is 5.73. The summed E-state index contributed by atoms with van der Waals surface area (Å²) in [5, 5.41) is 14.3. The highest BCUT2D eigenvalue weighted by molar-refractivity contribution is 6.31. The van der Waals surface area contributed by atoms with E-state index in [1.165, 1.54) is 11.1 Å². The van der Waals surface area contributed by atoms with Crippen molar-refractivity contribution in [3.8, 4) is 5.75 Å². The molecule has 4 heterocycles. The van der Waals surface area contributed by atoms with E-state index in [9.17, 15) is 19.5 Å². The fraction of sp³-hybridized carbons (Fsp3) is 0.367. The number of amides is 3. The van der Waals surface area contributed by atoms with Gasteiger partial charge in [0.2, 0.25) is 0 Å². The van der Waals surface area contributed by atoms with Crippen LogP contribution in [-0.4, -0.2) is 94.2 Å². The van der Waals surface area contributed by atoms with E-state index in [-0.39, 0.29) is 31.0 Å². The van der Waals surface area contributed by atoms with Crippen molar-refractivity contribution < 1.29 is 24.2 Å². The van der Waals surface area contributed by atoms with Gasteiger partial charge in [0, 0.05) is 35.1 Å². The van der Waals surface area contributed by atoms with Crippen molar-refractivity contribution in [1.82, 2.24) is 25.1 Å². The molecule has 0 spiro atoms. The number of aliphatic hydroxyl groups excluding tert-OH is 1. The molecule has 3 N–H and O–H groups in total. The van der Waals surface area contributed by atoms with Gasteiger partial charge in [0.1, 0.15) is 30.2 Å². The number of H-pyrrole nitrogens is 1. The maximum absolute atomic E-state index is 13.3. The number of likely N-dealkylation sites (tertiary alicyclic amines) is 1. The molecule has 218 valence electrons. The highest BCUT2D eigenvalue weighted by Gasteiger charge is 2.41. The molecule has 12 heteroatoms. The van der Waals surface area contributed by atoms with Crippen LogP contribution in [0, 0.1) is 6.92 Å². The second-order valence-corrected chi connectivity index (χ2v) is 11.3. The second-order valence-electron chi connectivity index (χ2n) is 10.9. The molecule has 2 unspecified atom stereocenters. The lowest BCUT2D eigenvalue weighted by Gasteiger charge is -2.33. The largest absolute Gasteiger partial charge is 0.490 e. The number of aliphatic imine (C=N–C) groups is 1. The fourth-order valence-electron chi connectivity index (χ4n) is 5.65. The molecule has 2 atom stereocenters. The van der Waals surface area contributed by atoms with Gasteiger partial charge in [-0.2, -0.15) is 0 Å². The number of nitrogens with one attached hydrogen (secondary N) is 2. The van der Waals surface area contributed by atoms with Gasteiger partial charge in [-0.1, -0.05) is 17.7 Å². The normalized spacial score (nSPS) is 20.3. The molecule has 0 bridgehead atoms. The van der Waals surface area contributed by atoms with Crippen LogP contribution in [0.4, 0.5) is 0 Å². The lowest BCUT2D eigenvalue weighted by atomic mass is 10.0. The van der Waals surface area contributed by atoms with Crippen LogP contribution in [-0.2, 0) is 4.79 Å². The first-order chi connectivity index (χ1) is 20.2. The standard InChI is InChI=1S/C30H31ClN6O5/c1-16-21(31)4-3-5-25(16)42-15-18(38)14-33-22-6-9-32-28(39)26(22)27-34-23-12-19-20(13-24(23)35-27)30(41)37(29(19)40)17-7-10-36(2)11-8-17/h3-6,9,12-13,17-18,26,33,38H,7-8,10-11,14-15H2,1-2H3,(H,34,35). The maximum atomic E-state index is 13.3. The molecule has 0 saturated carbocycles. The van der Waals surface area contributed by atoms with Crippen LogP contribution in [0.2, 0.25) is 5.02 Å². The highest BCUT2D eigenvalue weighted by Crippen LogP contribution is 2.33. The lowest BCUT2D eigenvalue weighted by Crippen LogP contribution is -2.46. The number of halogens is 1. The summed E-state index contributed by atoms with van der Waals surface area (Å²) >= 11 is 6.14. The fourth-order valence-corrected chi connectivity index (χ4v) is 5.81. The Morgan fingerprint density at radius 1 is 1.17 bits per heavy atom. The van der Waals surface area contributed by atoms with Crippen LogP contribution >= 0.6 is 11.6 Å². The van der Waals surface area contributed by atoms with Gasteiger partial charge in [-0.05, 0) is 70.2 Å². The van der Waals surface area contributed by atoms with Crippen molar-refractivity contribution in [1.29, 1.82) is 0 Å². The number of piperidine rings is 1. The summed E-state index contributed by atoms with van der Waals surface area (Å²) in [7, 11) is 2.03. The van der Waals surface area contributed by atoms with E-state index in [2.05, 4.69) is 25.2 Å². The maximum Gasteiger partial charge on any atom is 0.262 e. The number of imidazole rings is 1. The third-order valence-corrected chi connectivity index (χ3v) is 8.48. The van der Waals surface area contributed by atoms with Crippen molar-refractivity contribution in [2.24, 2.45) is 4.99 Å². The molecular weight excluding hydrogens is 560 g/mol. The Kier molecular flexibility index (Phi) is 7.56. The molecule has 3 amide bonds. The van der Waals surface area contributed by atoms with Crippen LogP contribution in [0.3, 0.4) is 0 Å². The third kappa shape index (κ3) is 5.19. The van der Waals surface area contributed by atoms with Gasteiger partial charge in [0.15, 0.2) is 0 Å². The molecule has 42 heavy (non-hydrogen) atoms. The van der Waals surface area contributed by atoms with Gasteiger partial charge in [-0.15, -0.1) is 0 Å². The SMILES string of the molecule is Cc1c(Cl)cccc1OCC(O)CNC1=CC=NC(=O)C1c1nc2cc3c(cc2[nH]1)C(=O)N(C1CCN(C)CC1)C3=O. The molecule has 3 aliphatic heterocycles. The number of imide groups is 1. The molecule has 1 fully saturated rings. The monoisotopic (exact) mass is 590 g/mol. The quantitative estimate of drug-likeness (QED) is 0.340. The topological polar surface area (TPSA) is 140 Å². The van der Waals surface area contributed by atoms with Gasteiger partial charge in [-0.3, -0.25) is 19.3 Å². The van der Waals surface area contributed by atoms with Gasteiger partial charge >= 0.3 is 0 Å². The van der Waals surface area contributed by atoms with Gasteiger partial charge in [-0.25, -0.2) is 9.98 Å². The summed E-state index contributed by atoms with van der Waals surface area (Å²) in [6.07, 6.45) is 3.65. The first-order valence-corrected chi connectivity index (χ1v) is 14.3. The summed E-state index contributed by atoms with van der Waals surface area (Å²) in [6.45, 7) is 3.62. The molecule has 3 aromatic rings. The number of hydrogen-bond acceptors (Lipinski definition) is 8. The first-order valence-electron chi connectivity index (χ1n) is 13.9. The van der Waals surface area contributed by atoms with Crippen molar-refractivity contribution in [2.45, 2.75) is 37.8 Å². The van der Waals surface area contributed by atoms with Crippen LogP contribution in [0.15, 0.2) is 47.1 Å². The zero-order valence-corrected chi connectivity index (χ0v) is 24.0. The zero-order chi connectivity index (χ0) is 29.5. The minimum absolute atomic E-state index is 0.0149. The number of benzene rings is 2. The summed E-state index contributed by atoms with van der Waals surface area (Å²) in [6, 6.07) is 8.46. The Morgan fingerprint density at radius 3 is 2.67 bits per heavy atom. The van der Waals surface area contributed by atoms with Gasteiger partial charge in [0.25, 0.3) is 17.7 Å². The van der Waals surface area contributed by atoms with Crippen molar-refractivity contribution in [3.63, 3.8) is 0 Å². The van der Waals surface area contributed by atoms with Crippen molar-refractivity contribution in [2.75, 3.05) is 33.3 Å². The number of ether oxygens (including phenoxy) is 1. The third-order valence-electron chi connectivity index (χ3n) is 8.07. The van der Waals surface area contributed by atoms with E-state index in [1.54, 1.807) is 36.4 Å². The number of aromatic amines is 1. The Morgan fingerprint density at radius 2 is 1.90 bits per heavy atom. The number of allylic oxidation sites excluding steroid dienone is 1. The smallest absolute Gasteiger partial charge is 0.262 e. The number of rotatable bonds is 8. The van der Waals surface area contributed by atoms with E-state index < -0.39 is 17.9 Å². The molecule has 0 aliphatic carbocycles. The Hall–Kier alpha value is -4.06. The highest BCUT2D eigenvalue weighted by atomic mass is 35.5. The van der Waals surface area contributed by atoms with E-state index in [0.717, 1.165) is 31.5 Å². The number of hydrogen-bond donors (Lipinski definition) is 3. The minimum atomic E-state index is -0.887. The second kappa shape index (κ2) is 11.3. The van der Waals surface area contributed by atoms with E-state index in [1.807, 2.05) is 14.0 Å². The summed E-state index contributed by atoms with van der Waals surface area (Å²) in [4.78, 5) is 54.8. The first kappa shape index (κ1) is 28.1. The Bertz CT molecular complexity index is 1590. The average Bonchev–Trinajstić information content (AvgIpc) is 3.49. The average molecular weight is 591 g/mol. The Labute approximate surface area is 247 Å². The molecule has 11 nitrogen and oxygen atoms in total. The van der Waals surface area contributed by atoms with E-state index in [0.29, 0.717) is 44.5 Å². The van der Waals surface area contributed by atoms with Crippen LogP contribution in [0.5, 0.6) is 5.75 Å². The molecule has 0 radical (unpaired) electrons.